The Hall–Kier alpha value is -1.13. The smallest absolute Gasteiger partial charge is 0.308 e. The summed E-state index contributed by atoms with van der Waals surface area (Å²) in [6.45, 7) is 18.1. The molecule has 3 N–H and O–H groups in total. The summed E-state index contributed by atoms with van der Waals surface area (Å²) in [6.07, 6.45) is -2.46. The zero-order chi connectivity index (χ0) is 47.6. The highest BCUT2D eigenvalue weighted by Crippen LogP contribution is 2.55. The monoisotopic (exact) mass is 931 g/mol. The van der Waals surface area contributed by atoms with Gasteiger partial charge in [-0.15, -0.1) is 0 Å². The number of ether oxygens (including phenoxy) is 13. The van der Waals surface area contributed by atoms with E-state index in [1.165, 1.54) is 7.11 Å². The van der Waals surface area contributed by atoms with Gasteiger partial charge in [0.15, 0.2) is 23.7 Å². The predicted molar refractivity (Wildman–Crippen MR) is 233 cm³/mol. The molecule has 0 amide bonds. The van der Waals surface area contributed by atoms with Gasteiger partial charge in [-0.05, 0) is 59.3 Å². The Labute approximate surface area is 386 Å². The normalized spacial score (nSPS) is 53.4. The molecule has 0 radical (unpaired) electrons. The lowest BCUT2D eigenvalue weighted by atomic mass is 9.75. The summed E-state index contributed by atoms with van der Waals surface area (Å²) in [5.41, 5.74) is -1.55. The number of carboxylic acids is 1. The number of hydrogen-bond acceptors (Lipinski definition) is 16. The van der Waals surface area contributed by atoms with Crippen molar-refractivity contribution in [2.75, 3.05) is 35.5 Å². The van der Waals surface area contributed by atoms with E-state index in [0.717, 1.165) is 6.42 Å². The van der Waals surface area contributed by atoms with E-state index in [0.29, 0.717) is 38.5 Å². The van der Waals surface area contributed by atoms with Crippen molar-refractivity contribution in [2.24, 2.45) is 29.6 Å². The first kappa shape index (κ1) is 51.7. The van der Waals surface area contributed by atoms with E-state index in [1.807, 2.05) is 27.7 Å². The van der Waals surface area contributed by atoms with Crippen LogP contribution in [-0.4, -0.2) is 171 Å². The van der Waals surface area contributed by atoms with E-state index < -0.39 is 102 Å². The number of aliphatic hydroxyl groups excluding tert-OH is 1. The molecular weight excluding hydrogens is 849 g/mol. The van der Waals surface area contributed by atoms with Crippen LogP contribution in [-0.2, 0) is 66.4 Å². The van der Waals surface area contributed by atoms with E-state index in [2.05, 4.69) is 27.7 Å². The average Bonchev–Trinajstić information content (AvgIpc) is 3.96. The van der Waals surface area contributed by atoms with E-state index in [1.54, 1.807) is 35.4 Å². The molecule has 0 saturated carbocycles. The zero-order valence-electron chi connectivity index (χ0n) is 41.4. The first-order valence-electron chi connectivity index (χ1n) is 24.2. The molecule has 7 saturated heterocycles. The Kier molecular flexibility index (Phi) is 15.6. The fraction of sp³-hybridized carbons (Fsp3) is 0.979. The van der Waals surface area contributed by atoms with Gasteiger partial charge in [0.1, 0.15) is 18.3 Å². The number of methoxy groups -OCH3 is 5. The Morgan fingerprint density at radius 1 is 0.769 bits per heavy atom. The number of aliphatic carboxylic acids is 1. The standard InChI is InChI=1S/C48H82O17/c1-24-19-25(2)46(9,57-14)62-37(24)32-20-33(59-36-21-31(53-10)41(55-12)29(6)58-36)43(60-32)45(8)16-15-34(61-45)44(7)17-18-47(65-44)22-30(49)26(3)38(63-47)27(4)39-42(56-13)40(54-11)28(5)48(52,64-39)23-35(50)51/h24-34,36-43,49,52H,15-23H2,1-14H3,(H,50,51). The minimum atomic E-state index is -2.03. The number of carboxylic acid groups (broad SMARTS) is 1. The third kappa shape index (κ3) is 9.71. The molecule has 7 rings (SSSR count). The molecule has 17 heteroatoms. The van der Waals surface area contributed by atoms with Crippen LogP contribution in [0.3, 0.4) is 0 Å². The molecule has 0 aromatic heterocycles. The number of hydrogen-bond donors (Lipinski definition) is 3. The van der Waals surface area contributed by atoms with Gasteiger partial charge in [-0.1, -0.05) is 34.6 Å². The van der Waals surface area contributed by atoms with Gasteiger partial charge in [-0.25, -0.2) is 0 Å². The van der Waals surface area contributed by atoms with Gasteiger partial charge in [0, 0.05) is 84.9 Å². The van der Waals surface area contributed by atoms with Crippen LogP contribution in [0.25, 0.3) is 0 Å². The van der Waals surface area contributed by atoms with Crippen LogP contribution >= 0.6 is 0 Å². The van der Waals surface area contributed by atoms with Crippen LogP contribution in [0.4, 0.5) is 0 Å². The predicted octanol–water partition coefficient (Wildman–Crippen LogP) is 4.97. The fourth-order valence-corrected chi connectivity index (χ4v) is 12.9. The third-order valence-electron chi connectivity index (χ3n) is 17.2. The van der Waals surface area contributed by atoms with Gasteiger partial charge in [0.25, 0.3) is 0 Å². The molecule has 1 spiro atoms. The highest BCUT2D eigenvalue weighted by molar-refractivity contribution is 5.68. The van der Waals surface area contributed by atoms with Gasteiger partial charge < -0.3 is 76.9 Å². The Morgan fingerprint density at radius 3 is 2.09 bits per heavy atom. The largest absolute Gasteiger partial charge is 0.481 e. The van der Waals surface area contributed by atoms with E-state index in [-0.39, 0.29) is 60.8 Å². The first-order chi connectivity index (χ1) is 30.5. The number of aliphatic hydroxyl groups is 2. The molecule has 0 aliphatic carbocycles. The molecular formula is C48H82O17. The van der Waals surface area contributed by atoms with Gasteiger partial charge in [0.2, 0.25) is 0 Å². The topological polar surface area (TPSA) is 198 Å². The van der Waals surface area contributed by atoms with Gasteiger partial charge in [-0.2, -0.15) is 0 Å². The second-order valence-corrected chi connectivity index (χ2v) is 21.4. The third-order valence-corrected chi connectivity index (χ3v) is 17.2. The highest BCUT2D eigenvalue weighted by atomic mass is 16.7. The minimum absolute atomic E-state index is 0.196. The lowest BCUT2D eigenvalue weighted by Crippen LogP contribution is -2.65. The molecule has 24 atom stereocenters. The molecule has 0 bridgehead atoms. The molecule has 7 heterocycles. The van der Waals surface area contributed by atoms with Crippen molar-refractivity contribution in [1.82, 2.24) is 0 Å². The molecule has 17 nitrogen and oxygen atoms in total. The Morgan fingerprint density at radius 2 is 1.46 bits per heavy atom. The second-order valence-electron chi connectivity index (χ2n) is 21.4. The lowest BCUT2D eigenvalue weighted by Gasteiger charge is -2.53. The SMILES string of the molecule is COC1CC(OC2CC(C3OC(C)(OC)C(C)CC3C)OC2C2(C)CCC(C3(C)CCC4(CC(O)C(C)C(C(C)C5OC(O)(CC(=O)O)C(C)C(OC)C5OC)O4)O3)O2)OC(C)C1OC. The summed E-state index contributed by atoms with van der Waals surface area (Å²) >= 11 is 0. The molecule has 0 aromatic carbocycles. The van der Waals surface area contributed by atoms with Crippen LogP contribution < -0.4 is 0 Å². The number of carbonyl (C=O) groups is 1. The van der Waals surface area contributed by atoms with Crippen molar-refractivity contribution < 1.29 is 81.7 Å². The first-order valence-corrected chi connectivity index (χ1v) is 24.2. The van der Waals surface area contributed by atoms with Crippen LogP contribution in [0.2, 0.25) is 0 Å². The average molecular weight is 931 g/mol. The maximum absolute atomic E-state index is 11.9. The highest BCUT2D eigenvalue weighted by Gasteiger charge is 2.64. The summed E-state index contributed by atoms with van der Waals surface area (Å²) in [6, 6.07) is 0. The molecule has 7 aliphatic rings. The Bertz CT molecular complexity index is 1620. The van der Waals surface area contributed by atoms with Crippen molar-refractivity contribution >= 4 is 5.97 Å². The van der Waals surface area contributed by atoms with Crippen molar-refractivity contribution in [3.05, 3.63) is 0 Å². The molecule has 65 heavy (non-hydrogen) atoms. The zero-order valence-corrected chi connectivity index (χ0v) is 41.4. The van der Waals surface area contributed by atoms with Crippen LogP contribution in [0.5, 0.6) is 0 Å². The van der Waals surface area contributed by atoms with Crippen molar-refractivity contribution in [1.29, 1.82) is 0 Å². The lowest BCUT2D eigenvalue weighted by molar-refractivity contribution is -0.365. The fourth-order valence-electron chi connectivity index (χ4n) is 12.9. The van der Waals surface area contributed by atoms with Crippen LogP contribution in [0.1, 0.15) is 120 Å². The molecule has 7 aliphatic heterocycles. The van der Waals surface area contributed by atoms with Gasteiger partial charge in [0.05, 0.1) is 78.7 Å². The minimum Gasteiger partial charge on any atom is -0.481 e. The van der Waals surface area contributed by atoms with Crippen molar-refractivity contribution in [3.8, 4) is 0 Å². The maximum Gasteiger partial charge on any atom is 0.308 e. The van der Waals surface area contributed by atoms with Crippen molar-refractivity contribution in [3.63, 3.8) is 0 Å². The summed E-state index contributed by atoms with van der Waals surface area (Å²) in [4.78, 5) is 11.9. The van der Waals surface area contributed by atoms with Crippen molar-refractivity contribution in [2.45, 2.75) is 234 Å². The Balaban J connectivity index is 1.10. The van der Waals surface area contributed by atoms with E-state index in [4.69, 9.17) is 61.6 Å². The van der Waals surface area contributed by atoms with Crippen LogP contribution in [0, 0.1) is 29.6 Å². The van der Waals surface area contributed by atoms with Gasteiger partial charge in [-0.3, -0.25) is 4.79 Å². The molecule has 7 fully saturated rings. The van der Waals surface area contributed by atoms with E-state index >= 15 is 0 Å². The van der Waals surface area contributed by atoms with Gasteiger partial charge >= 0.3 is 5.97 Å². The second kappa shape index (κ2) is 19.6. The van der Waals surface area contributed by atoms with Crippen LogP contribution in [0.15, 0.2) is 0 Å². The summed E-state index contributed by atoms with van der Waals surface area (Å²) < 4.78 is 84.3. The summed E-state index contributed by atoms with van der Waals surface area (Å²) in [5, 5.41) is 33.1. The molecule has 376 valence electrons. The molecule has 24 unspecified atom stereocenters. The summed E-state index contributed by atoms with van der Waals surface area (Å²) in [7, 11) is 8.11. The maximum atomic E-state index is 11.9. The summed E-state index contributed by atoms with van der Waals surface area (Å²) in [5.74, 6) is -6.28. The quantitative estimate of drug-likeness (QED) is 0.211. The molecule has 0 aromatic rings. The number of rotatable bonds is 14. The van der Waals surface area contributed by atoms with E-state index in [9.17, 15) is 20.1 Å².